The van der Waals surface area contributed by atoms with Crippen molar-refractivity contribution >= 4 is 0 Å². The number of benzene rings is 1. The molecule has 1 aromatic rings. The van der Waals surface area contributed by atoms with Crippen molar-refractivity contribution in [1.82, 2.24) is 4.90 Å². The molecule has 0 bridgehead atoms. The first-order valence-corrected chi connectivity index (χ1v) is 6.27. The van der Waals surface area contributed by atoms with E-state index in [1.54, 1.807) is 0 Å². The van der Waals surface area contributed by atoms with Gasteiger partial charge in [-0.15, -0.1) is 0 Å². The standard InChI is InChI=1S/C14H22N2O/c1-11-4-3-5-12(8-11)13(9-15)14-10-17-7-6-16(14)2/h3-5,8,13-14H,6-7,9-10,15H2,1-2H3. The van der Waals surface area contributed by atoms with E-state index in [-0.39, 0.29) is 0 Å². The molecular weight excluding hydrogens is 212 g/mol. The molecule has 1 saturated heterocycles. The Labute approximate surface area is 104 Å². The van der Waals surface area contributed by atoms with Gasteiger partial charge in [0.1, 0.15) is 0 Å². The SMILES string of the molecule is Cc1cccc(C(CN)C2COCCN2C)c1. The lowest BCUT2D eigenvalue weighted by Gasteiger charge is -2.37. The normalized spacial score (nSPS) is 23.6. The zero-order valence-electron chi connectivity index (χ0n) is 10.7. The molecule has 2 unspecified atom stereocenters. The molecule has 1 aromatic carbocycles. The molecule has 1 aliphatic rings. The lowest BCUT2D eigenvalue weighted by atomic mass is 9.89. The average Bonchev–Trinajstić information content (AvgIpc) is 2.33. The van der Waals surface area contributed by atoms with Gasteiger partial charge in [-0.1, -0.05) is 29.8 Å². The second kappa shape index (κ2) is 5.63. The highest BCUT2D eigenvalue weighted by atomic mass is 16.5. The van der Waals surface area contributed by atoms with Gasteiger partial charge in [-0.25, -0.2) is 0 Å². The third-order valence-electron chi connectivity index (χ3n) is 3.63. The molecule has 0 radical (unpaired) electrons. The van der Waals surface area contributed by atoms with Crippen molar-refractivity contribution in [2.75, 3.05) is 33.4 Å². The topological polar surface area (TPSA) is 38.5 Å². The van der Waals surface area contributed by atoms with Crippen LogP contribution in [0.1, 0.15) is 17.0 Å². The summed E-state index contributed by atoms with van der Waals surface area (Å²) < 4.78 is 5.59. The zero-order valence-corrected chi connectivity index (χ0v) is 10.7. The third kappa shape index (κ3) is 2.86. The molecule has 2 N–H and O–H groups in total. The van der Waals surface area contributed by atoms with Crippen LogP contribution in [-0.2, 0) is 4.74 Å². The van der Waals surface area contributed by atoms with Gasteiger partial charge in [0.15, 0.2) is 0 Å². The molecule has 1 heterocycles. The maximum atomic E-state index is 5.97. The van der Waals surface area contributed by atoms with E-state index < -0.39 is 0 Å². The fraction of sp³-hybridized carbons (Fsp3) is 0.571. The van der Waals surface area contributed by atoms with Crippen LogP contribution in [0.15, 0.2) is 24.3 Å². The zero-order chi connectivity index (χ0) is 12.3. The van der Waals surface area contributed by atoms with Crippen molar-refractivity contribution in [3.8, 4) is 0 Å². The van der Waals surface area contributed by atoms with Crippen molar-refractivity contribution in [3.63, 3.8) is 0 Å². The Morgan fingerprint density at radius 3 is 3.00 bits per heavy atom. The second-order valence-corrected chi connectivity index (χ2v) is 4.88. The van der Waals surface area contributed by atoms with Crippen molar-refractivity contribution in [1.29, 1.82) is 0 Å². The molecule has 0 aliphatic carbocycles. The van der Waals surface area contributed by atoms with Crippen molar-refractivity contribution in [3.05, 3.63) is 35.4 Å². The number of hydrogen-bond donors (Lipinski definition) is 1. The largest absolute Gasteiger partial charge is 0.378 e. The fourth-order valence-corrected chi connectivity index (χ4v) is 2.55. The summed E-state index contributed by atoms with van der Waals surface area (Å²) in [5.41, 5.74) is 8.59. The number of aryl methyl sites for hydroxylation is 1. The molecule has 94 valence electrons. The Morgan fingerprint density at radius 1 is 1.53 bits per heavy atom. The Kier molecular flexibility index (Phi) is 4.15. The summed E-state index contributed by atoms with van der Waals surface area (Å²) in [5.74, 6) is 0.361. The monoisotopic (exact) mass is 234 g/mol. The van der Waals surface area contributed by atoms with Crippen LogP contribution in [0.2, 0.25) is 0 Å². The Bertz CT molecular complexity index is 367. The minimum atomic E-state index is 0.361. The van der Waals surface area contributed by atoms with Gasteiger partial charge in [0.2, 0.25) is 0 Å². The maximum absolute atomic E-state index is 5.97. The highest BCUT2D eigenvalue weighted by Crippen LogP contribution is 2.24. The number of ether oxygens (including phenoxy) is 1. The van der Waals surface area contributed by atoms with Crippen molar-refractivity contribution in [2.24, 2.45) is 5.73 Å². The first-order valence-electron chi connectivity index (χ1n) is 6.27. The smallest absolute Gasteiger partial charge is 0.0628 e. The summed E-state index contributed by atoms with van der Waals surface area (Å²) in [5, 5.41) is 0. The van der Waals surface area contributed by atoms with E-state index in [1.807, 2.05) is 0 Å². The van der Waals surface area contributed by atoms with E-state index in [9.17, 15) is 0 Å². The number of likely N-dealkylation sites (N-methyl/N-ethyl adjacent to an activating group) is 1. The molecule has 2 rings (SSSR count). The molecule has 1 fully saturated rings. The van der Waals surface area contributed by atoms with Gasteiger partial charge in [-0.05, 0) is 19.5 Å². The number of rotatable bonds is 3. The van der Waals surface area contributed by atoms with Crippen LogP contribution in [0, 0.1) is 6.92 Å². The molecule has 3 heteroatoms. The number of nitrogens with zero attached hydrogens (tertiary/aromatic N) is 1. The van der Waals surface area contributed by atoms with Crippen molar-refractivity contribution < 1.29 is 4.74 Å². The molecule has 0 aromatic heterocycles. The predicted octanol–water partition coefficient (Wildman–Crippen LogP) is 1.37. The molecule has 0 spiro atoms. The van der Waals surface area contributed by atoms with Gasteiger partial charge in [-0.2, -0.15) is 0 Å². The number of morpholine rings is 1. The molecule has 1 aliphatic heterocycles. The van der Waals surface area contributed by atoms with Gasteiger partial charge in [0, 0.05) is 25.0 Å². The van der Waals surface area contributed by atoms with E-state index in [0.29, 0.717) is 18.5 Å². The number of nitrogens with two attached hydrogens (primary N) is 1. The van der Waals surface area contributed by atoms with Crippen molar-refractivity contribution in [2.45, 2.75) is 18.9 Å². The first kappa shape index (κ1) is 12.6. The quantitative estimate of drug-likeness (QED) is 0.858. The van der Waals surface area contributed by atoms with Crippen LogP contribution < -0.4 is 5.73 Å². The Morgan fingerprint density at radius 2 is 2.35 bits per heavy atom. The van der Waals surface area contributed by atoms with Crippen LogP contribution in [0.3, 0.4) is 0 Å². The minimum absolute atomic E-state index is 0.361. The van der Waals surface area contributed by atoms with E-state index >= 15 is 0 Å². The molecule has 17 heavy (non-hydrogen) atoms. The van der Waals surface area contributed by atoms with Crippen LogP contribution >= 0.6 is 0 Å². The summed E-state index contributed by atoms with van der Waals surface area (Å²) >= 11 is 0. The molecule has 0 saturated carbocycles. The summed E-state index contributed by atoms with van der Waals surface area (Å²) in [4.78, 5) is 2.36. The molecule has 0 amide bonds. The van der Waals surface area contributed by atoms with E-state index in [4.69, 9.17) is 10.5 Å². The molecule has 2 atom stereocenters. The van der Waals surface area contributed by atoms with Gasteiger partial charge in [0.05, 0.1) is 13.2 Å². The lowest BCUT2D eigenvalue weighted by Crippen LogP contribution is -2.48. The Balaban J connectivity index is 2.20. The van der Waals surface area contributed by atoms with Crippen LogP contribution in [0.25, 0.3) is 0 Å². The highest BCUT2D eigenvalue weighted by molar-refractivity contribution is 5.27. The van der Waals surface area contributed by atoms with Crippen LogP contribution in [-0.4, -0.2) is 44.3 Å². The first-order chi connectivity index (χ1) is 8.22. The van der Waals surface area contributed by atoms with Crippen LogP contribution in [0.5, 0.6) is 0 Å². The average molecular weight is 234 g/mol. The Hall–Kier alpha value is -0.900. The van der Waals surface area contributed by atoms with E-state index in [1.165, 1.54) is 11.1 Å². The summed E-state index contributed by atoms with van der Waals surface area (Å²) in [7, 11) is 2.16. The lowest BCUT2D eigenvalue weighted by molar-refractivity contribution is -0.00352. The molecular formula is C14H22N2O. The summed E-state index contributed by atoms with van der Waals surface area (Å²) in [6.45, 7) is 5.40. The van der Waals surface area contributed by atoms with Crippen LogP contribution in [0.4, 0.5) is 0 Å². The second-order valence-electron chi connectivity index (χ2n) is 4.88. The predicted molar refractivity (Wildman–Crippen MR) is 70.2 cm³/mol. The summed E-state index contributed by atoms with van der Waals surface area (Å²) in [6, 6.07) is 9.04. The van der Waals surface area contributed by atoms with Gasteiger partial charge < -0.3 is 10.5 Å². The van der Waals surface area contributed by atoms with Gasteiger partial charge in [-0.3, -0.25) is 4.90 Å². The maximum Gasteiger partial charge on any atom is 0.0628 e. The fourth-order valence-electron chi connectivity index (χ4n) is 2.55. The molecule has 3 nitrogen and oxygen atoms in total. The number of hydrogen-bond acceptors (Lipinski definition) is 3. The highest BCUT2D eigenvalue weighted by Gasteiger charge is 2.28. The minimum Gasteiger partial charge on any atom is -0.378 e. The van der Waals surface area contributed by atoms with Gasteiger partial charge in [0.25, 0.3) is 0 Å². The van der Waals surface area contributed by atoms with E-state index in [0.717, 1.165) is 19.8 Å². The summed E-state index contributed by atoms with van der Waals surface area (Å²) in [6.07, 6.45) is 0. The third-order valence-corrected chi connectivity index (χ3v) is 3.63. The van der Waals surface area contributed by atoms with E-state index in [2.05, 4.69) is 43.1 Å². The van der Waals surface area contributed by atoms with Gasteiger partial charge >= 0.3 is 0 Å².